The second-order valence-electron chi connectivity index (χ2n) is 5.48. The molecule has 0 aliphatic carbocycles. The SMILES string of the molecule is N#C/C(=C/N1CCCCCC1)C(=O)Nc1cc([N+](=O)[O-])ccc1Cl. The molecule has 24 heavy (non-hydrogen) atoms. The summed E-state index contributed by atoms with van der Waals surface area (Å²) in [7, 11) is 0. The lowest BCUT2D eigenvalue weighted by atomic mass is 10.2. The van der Waals surface area contributed by atoms with E-state index in [0.717, 1.165) is 38.8 Å². The van der Waals surface area contributed by atoms with Gasteiger partial charge in [0.1, 0.15) is 11.6 Å². The third-order valence-electron chi connectivity index (χ3n) is 3.73. The standard InChI is InChI=1S/C16H17ClN4O3/c17-14-6-5-13(21(23)24)9-15(14)19-16(22)12(10-18)11-20-7-3-1-2-4-8-20/h5-6,9,11H,1-4,7-8H2,(H,19,22)/b12-11-. The third-order valence-corrected chi connectivity index (χ3v) is 4.06. The van der Waals surface area contributed by atoms with Crippen LogP contribution in [0.25, 0.3) is 0 Å². The van der Waals surface area contributed by atoms with Crippen LogP contribution < -0.4 is 5.32 Å². The van der Waals surface area contributed by atoms with Crippen LogP contribution in [0.15, 0.2) is 30.0 Å². The minimum Gasteiger partial charge on any atom is -0.376 e. The molecule has 0 radical (unpaired) electrons. The van der Waals surface area contributed by atoms with Crippen LogP contribution in [0.4, 0.5) is 11.4 Å². The van der Waals surface area contributed by atoms with Crippen molar-refractivity contribution in [2.45, 2.75) is 25.7 Å². The van der Waals surface area contributed by atoms with Gasteiger partial charge in [0.25, 0.3) is 11.6 Å². The van der Waals surface area contributed by atoms with E-state index in [1.165, 1.54) is 18.2 Å². The molecule has 0 unspecified atom stereocenters. The lowest BCUT2D eigenvalue weighted by Gasteiger charge is -2.17. The number of carbonyl (C=O) groups excluding carboxylic acids is 1. The van der Waals surface area contributed by atoms with Crippen LogP contribution >= 0.6 is 11.6 Å². The molecule has 1 aliphatic heterocycles. The molecule has 0 aromatic heterocycles. The number of amides is 1. The first-order valence-electron chi connectivity index (χ1n) is 7.62. The zero-order valence-electron chi connectivity index (χ0n) is 13.0. The number of halogens is 1. The molecule has 0 saturated carbocycles. The molecule has 126 valence electrons. The number of benzene rings is 1. The van der Waals surface area contributed by atoms with Gasteiger partial charge in [-0.15, -0.1) is 0 Å². The van der Waals surface area contributed by atoms with Crippen molar-refractivity contribution in [3.8, 4) is 6.07 Å². The highest BCUT2D eigenvalue weighted by molar-refractivity contribution is 6.34. The Morgan fingerprint density at radius 1 is 1.33 bits per heavy atom. The molecule has 1 aromatic rings. The van der Waals surface area contributed by atoms with Crippen LogP contribution in [0, 0.1) is 21.4 Å². The lowest BCUT2D eigenvalue weighted by Crippen LogP contribution is -2.22. The molecule has 7 nitrogen and oxygen atoms in total. The molecule has 8 heteroatoms. The summed E-state index contributed by atoms with van der Waals surface area (Å²) in [5.41, 5.74) is -0.142. The van der Waals surface area contributed by atoms with Crippen molar-refractivity contribution >= 4 is 28.9 Å². The largest absolute Gasteiger partial charge is 0.376 e. The van der Waals surface area contributed by atoms with Gasteiger partial charge in [-0.1, -0.05) is 24.4 Å². The number of nitriles is 1. The molecule has 1 aromatic carbocycles. The maximum absolute atomic E-state index is 12.3. The molecule has 2 rings (SSSR count). The summed E-state index contributed by atoms with van der Waals surface area (Å²) in [5, 5.41) is 22.7. The second kappa shape index (κ2) is 8.31. The number of nitrogens with one attached hydrogen (secondary N) is 1. The number of non-ortho nitro benzene ring substituents is 1. The smallest absolute Gasteiger partial charge is 0.271 e. The van der Waals surface area contributed by atoms with E-state index in [1.807, 2.05) is 11.0 Å². The molecule has 1 saturated heterocycles. The van der Waals surface area contributed by atoms with E-state index < -0.39 is 10.8 Å². The van der Waals surface area contributed by atoms with Crippen LogP contribution in [0.3, 0.4) is 0 Å². The van der Waals surface area contributed by atoms with E-state index in [9.17, 15) is 20.2 Å². The fourth-order valence-electron chi connectivity index (χ4n) is 2.46. The van der Waals surface area contributed by atoms with E-state index in [1.54, 1.807) is 6.20 Å². The van der Waals surface area contributed by atoms with E-state index in [4.69, 9.17) is 11.6 Å². The molecular weight excluding hydrogens is 332 g/mol. The van der Waals surface area contributed by atoms with E-state index in [0.29, 0.717) is 0 Å². The van der Waals surface area contributed by atoms with Crippen molar-refractivity contribution in [3.05, 3.63) is 45.1 Å². The minimum absolute atomic E-state index is 0.0560. The molecule has 1 fully saturated rings. The number of nitrogens with zero attached hydrogens (tertiary/aromatic N) is 3. The van der Waals surface area contributed by atoms with Gasteiger partial charge >= 0.3 is 0 Å². The highest BCUT2D eigenvalue weighted by Crippen LogP contribution is 2.27. The predicted molar refractivity (Wildman–Crippen MR) is 90.5 cm³/mol. The summed E-state index contributed by atoms with van der Waals surface area (Å²) in [5.74, 6) is -0.635. The Bertz CT molecular complexity index is 704. The topological polar surface area (TPSA) is 99.3 Å². The Morgan fingerprint density at radius 2 is 2.00 bits per heavy atom. The van der Waals surface area contributed by atoms with E-state index in [-0.39, 0.29) is 22.0 Å². The number of anilines is 1. The van der Waals surface area contributed by atoms with Crippen molar-refractivity contribution in [3.63, 3.8) is 0 Å². The fourth-order valence-corrected chi connectivity index (χ4v) is 2.62. The first-order valence-corrected chi connectivity index (χ1v) is 8.00. The summed E-state index contributed by atoms with van der Waals surface area (Å²) < 4.78 is 0. The average Bonchev–Trinajstić information content (AvgIpc) is 2.82. The number of hydrogen-bond acceptors (Lipinski definition) is 5. The molecule has 0 bridgehead atoms. The van der Waals surface area contributed by atoms with Gasteiger partial charge in [-0.2, -0.15) is 5.26 Å². The van der Waals surface area contributed by atoms with Gasteiger partial charge in [0.15, 0.2) is 0 Å². The van der Waals surface area contributed by atoms with Crippen LogP contribution in [0.2, 0.25) is 5.02 Å². The average molecular weight is 349 g/mol. The highest BCUT2D eigenvalue weighted by Gasteiger charge is 2.16. The third kappa shape index (κ3) is 4.70. The zero-order chi connectivity index (χ0) is 17.5. The second-order valence-corrected chi connectivity index (χ2v) is 5.89. The van der Waals surface area contributed by atoms with Crippen LogP contribution in [0.1, 0.15) is 25.7 Å². The molecule has 1 N–H and O–H groups in total. The summed E-state index contributed by atoms with van der Waals surface area (Å²) in [4.78, 5) is 24.5. The summed E-state index contributed by atoms with van der Waals surface area (Å²) >= 11 is 5.96. The van der Waals surface area contributed by atoms with Gasteiger partial charge in [0, 0.05) is 31.4 Å². The van der Waals surface area contributed by atoms with Crippen molar-refractivity contribution < 1.29 is 9.72 Å². The van der Waals surface area contributed by atoms with E-state index >= 15 is 0 Å². The van der Waals surface area contributed by atoms with Crippen LogP contribution in [-0.2, 0) is 4.79 Å². The van der Waals surface area contributed by atoms with Gasteiger partial charge in [-0.3, -0.25) is 14.9 Å². The first kappa shape index (κ1) is 17.8. The molecule has 0 atom stereocenters. The van der Waals surface area contributed by atoms with Crippen molar-refractivity contribution in [1.29, 1.82) is 5.26 Å². The van der Waals surface area contributed by atoms with Crippen LogP contribution in [-0.4, -0.2) is 28.8 Å². The van der Waals surface area contributed by atoms with Gasteiger partial charge in [0.2, 0.25) is 0 Å². The van der Waals surface area contributed by atoms with Crippen molar-refractivity contribution in [1.82, 2.24) is 4.90 Å². The van der Waals surface area contributed by atoms with Gasteiger partial charge in [-0.25, -0.2) is 0 Å². The number of carbonyl (C=O) groups is 1. The Hall–Kier alpha value is -2.59. The number of rotatable bonds is 4. The molecule has 1 heterocycles. The van der Waals surface area contributed by atoms with Gasteiger partial charge in [-0.05, 0) is 18.9 Å². The molecule has 0 spiro atoms. The molecule has 1 amide bonds. The monoisotopic (exact) mass is 348 g/mol. The number of hydrogen-bond donors (Lipinski definition) is 1. The number of nitro benzene ring substituents is 1. The maximum Gasteiger partial charge on any atom is 0.271 e. The summed E-state index contributed by atoms with van der Waals surface area (Å²) in [6.45, 7) is 1.60. The van der Waals surface area contributed by atoms with Gasteiger partial charge in [0.05, 0.1) is 15.6 Å². The Morgan fingerprint density at radius 3 is 2.58 bits per heavy atom. The molecular formula is C16H17ClN4O3. The minimum atomic E-state index is -0.635. The van der Waals surface area contributed by atoms with Crippen LogP contribution in [0.5, 0.6) is 0 Å². The summed E-state index contributed by atoms with van der Waals surface area (Å²) in [6, 6.07) is 5.62. The van der Waals surface area contributed by atoms with Gasteiger partial charge < -0.3 is 10.2 Å². The van der Waals surface area contributed by atoms with Crippen molar-refractivity contribution in [2.24, 2.45) is 0 Å². The quantitative estimate of drug-likeness (QED) is 0.388. The molecule has 1 aliphatic rings. The lowest BCUT2D eigenvalue weighted by molar-refractivity contribution is -0.384. The summed E-state index contributed by atoms with van der Waals surface area (Å²) in [6.07, 6.45) is 5.87. The normalized spacial score (nSPS) is 15.3. The number of nitro groups is 1. The van der Waals surface area contributed by atoms with E-state index in [2.05, 4.69) is 5.32 Å². The predicted octanol–water partition coefficient (Wildman–Crippen LogP) is 3.47. The zero-order valence-corrected chi connectivity index (χ0v) is 13.8. The Labute approximate surface area is 144 Å². The fraction of sp³-hybridized carbons (Fsp3) is 0.375. The first-order chi connectivity index (χ1) is 11.5. The van der Waals surface area contributed by atoms with Crippen molar-refractivity contribution in [2.75, 3.05) is 18.4 Å². The number of likely N-dealkylation sites (tertiary alicyclic amines) is 1. The highest BCUT2D eigenvalue weighted by atomic mass is 35.5. The Balaban J connectivity index is 2.16. The maximum atomic E-state index is 12.3. The Kier molecular flexibility index (Phi) is 6.15.